The Balaban J connectivity index is 2.06. The summed E-state index contributed by atoms with van der Waals surface area (Å²) in [5.74, 6) is 0. The number of nitrogens with two attached hydrogens (primary N) is 1. The fourth-order valence-electron chi connectivity index (χ4n) is 3.82. The second kappa shape index (κ2) is 5.68. The highest BCUT2D eigenvalue weighted by molar-refractivity contribution is 4.98. The van der Waals surface area contributed by atoms with Crippen molar-refractivity contribution in [2.24, 2.45) is 5.73 Å². The van der Waals surface area contributed by atoms with Crippen LogP contribution in [0.5, 0.6) is 0 Å². The Hall–Kier alpha value is -0.120. The van der Waals surface area contributed by atoms with E-state index in [0.717, 1.165) is 19.0 Å². The molecule has 2 fully saturated rings. The summed E-state index contributed by atoms with van der Waals surface area (Å²) in [6.07, 6.45) is 10.7. The van der Waals surface area contributed by atoms with E-state index in [-0.39, 0.29) is 5.54 Å². The molecular formula is C14H28N2O. The first-order valence-corrected chi connectivity index (χ1v) is 7.17. The molecule has 2 aliphatic rings. The van der Waals surface area contributed by atoms with E-state index in [1.807, 2.05) is 7.11 Å². The van der Waals surface area contributed by atoms with Gasteiger partial charge in [0.15, 0.2) is 0 Å². The van der Waals surface area contributed by atoms with Crippen molar-refractivity contribution in [3.8, 4) is 0 Å². The fraction of sp³-hybridized carbons (Fsp3) is 1.00. The van der Waals surface area contributed by atoms with Gasteiger partial charge in [-0.1, -0.05) is 12.8 Å². The van der Waals surface area contributed by atoms with E-state index in [0.29, 0.717) is 6.10 Å². The summed E-state index contributed by atoms with van der Waals surface area (Å²) in [4.78, 5) is 2.60. The molecule has 2 N–H and O–H groups in total. The first-order chi connectivity index (χ1) is 8.22. The molecule has 0 spiro atoms. The van der Waals surface area contributed by atoms with E-state index in [4.69, 9.17) is 10.5 Å². The van der Waals surface area contributed by atoms with Crippen molar-refractivity contribution in [2.75, 3.05) is 20.7 Å². The summed E-state index contributed by atoms with van der Waals surface area (Å²) in [6, 6.07) is 0.758. The topological polar surface area (TPSA) is 38.5 Å². The Labute approximate surface area is 106 Å². The quantitative estimate of drug-likeness (QED) is 0.818. The summed E-state index contributed by atoms with van der Waals surface area (Å²) in [7, 11) is 4.13. The van der Waals surface area contributed by atoms with Crippen molar-refractivity contribution in [3.05, 3.63) is 0 Å². The lowest BCUT2D eigenvalue weighted by atomic mass is 9.78. The molecule has 3 nitrogen and oxygen atoms in total. The number of hydrogen-bond acceptors (Lipinski definition) is 3. The molecule has 2 atom stereocenters. The van der Waals surface area contributed by atoms with E-state index < -0.39 is 0 Å². The zero-order valence-electron chi connectivity index (χ0n) is 11.5. The van der Waals surface area contributed by atoms with Crippen molar-refractivity contribution in [2.45, 2.75) is 69.1 Å². The van der Waals surface area contributed by atoms with Crippen LogP contribution in [0.4, 0.5) is 0 Å². The Morgan fingerprint density at radius 3 is 2.53 bits per heavy atom. The van der Waals surface area contributed by atoms with Crippen molar-refractivity contribution >= 4 is 0 Å². The lowest BCUT2D eigenvalue weighted by Crippen LogP contribution is -2.58. The summed E-state index contributed by atoms with van der Waals surface area (Å²) in [6.45, 7) is 0.778. The van der Waals surface area contributed by atoms with Gasteiger partial charge in [-0.2, -0.15) is 0 Å². The average molecular weight is 240 g/mol. The second-order valence-corrected chi connectivity index (χ2v) is 5.93. The molecule has 0 radical (unpaired) electrons. The van der Waals surface area contributed by atoms with Crippen LogP contribution in [0, 0.1) is 0 Å². The Kier molecular flexibility index (Phi) is 4.45. The molecule has 2 saturated carbocycles. The van der Waals surface area contributed by atoms with Crippen LogP contribution in [0.2, 0.25) is 0 Å². The summed E-state index contributed by atoms with van der Waals surface area (Å²) in [5, 5.41) is 0. The maximum Gasteiger partial charge on any atom is 0.0589 e. The Morgan fingerprint density at radius 2 is 1.94 bits per heavy atom. The van der Waals surface area contributed by atoms with Crippen LogP contribution in [0.3, 0.4) is 0 Å². The predicted molar refractivity (Wildman–Crippen MR) is 71.1 cm³/mol. The molecular weight excluding hydrogens is 212 g/mol. The molecule has 0 heterocycles. The third kappa shape index (κ3) is 2.67. The van der Waals surface area contributed by atoms with E-state index in [1.165, 1.54) is 44.9 Å². The Morgan fingerprint density at radius 1 is 1.24 bits per heavy atom. The molecule has 2 rings (SSSR count). The van der Waals surface area contributed by atoms with E-state index >= 15 is 0 Å². The molecule has 0 aliphatic heterocycles. The van der Waals surface area contributed by atoms with Gasteiger partial charge in [0, 0.05) is 25.2 Å². The molecule has 0 amide bonds. The van der Waals surface area contributed by atoms with Crippen LogP contribution < -0.4 is 5.73 Å². The molecule has 0 aromatic heterocycles. The monoisotopic (exact) mass is 240 g/mol. The molecule has 2 unspecified atom stereocenters. The average Bonchev–Trinajstić information content (AvgIpc) is 2.91. The molecule has 100 valence electrons. The predicted octanol–water partition coefficient (Wildman–Crippen LogP) is 2.15. The minimum Gasteiger partial charge on any atom is -0.381 e. The number of likely N-dealkylation sites (N-methyl/N-ethyl adjacent to an activating group) is 1. The van der Waals surface area contributed by atoms with Crippen molar-refractivity contribution in [3.63, 3.8) is 0 Å². The van der Waals surface area contributed by atoms with Gasteiger partial charge in [-0.3, -0.25) is 4.90 Å². The standard InChI is InChI=1S/C14H28N2O/c1-16(12-6-3-4-7-12)14(11-15)9-5-8-13(10-14)17-2/h12-13H,3-11,15H2,1-2H3. The summed E-state index contributed by atoms with van der Waals surface area (Å²) in [5.41, 5.74) is 6.33. The van der Waals surface area contributed by atoms with Crippen molar-refractivity contribution < 1.29 is 4.74 Å². The third-order valence-corrected chi connectivity index (χ3v) is 5.11. The number of hydrogen-bond donors (Lipinski definition) is 1. The van der Waals surface area contributed by atoms with Crippen LogP contribution in [0.25, 0.3) is 0 Å². The van der Waals surface area contributed by atoms with Crippen LogP contribution in [-0.4, -0.2) is 43.3 Å². The number of methoxy groups -OCH3 is 1. The van der Waals surface area contributed by atoms with Gasteiger partial charge in [0.2, 0.25) is 0 Å². The van der Waals surface area contributed by atoms with E-state index in [9.17, 15) is 0 Å². The largest absolute Gasteiger partial charge is 0.381 e. The van der Waals surface area contributed by atoms with Crippen LogP contribution in [0.1, 0.15) is 51.4 Å². The smallest absolute Gasteiger partial charge is 0.0589 e. The van der Waals surface area contributed by atoms with Crippen molar-refractivity contribution in [1.82, 2.24) is 4.90 Å². The fourth-order valence-corrected chi connectivity index (χ4v) is 3.82. The van der Waals surface area contributed by atoms with E-state index in [1.54, 1.807) is 0 Å². The molecule has 2 aliphatic carbocycles. The highest BCUT2D eigenvalue weighted by Gasteiger charge is 2.41. The van der Waals surface area contributed by atoms with Gasteiger partial charge in [-0.25, -0.2) is 0 Å². The van der Waals surface area contributed by atoms with Crippen molar-refractivity contribution in [1.29, 1.82) is 0 Å². The molecule has 0 aromatic rings. The molecule has 3 heteroatoms. The second-order valence-electron chi connectivity index (χ2n) is 5.93. The van der Waals surface area contributed by atoms with Gasteiger partial charge in [0.05, 0.1) is 6.10 Å². The number of nitrogens with zero attached hydrogens (tertiary/aromatic N) is 1. The van der Waals surface area contributed by atoms with Gasteiger partial charge in [0.25, 0.3) is 0 Å². The SMILES string of the molecule is COC1CCCC(CN)(N(C)C2CCCC2)C1. The van der Waals surface area contributed by atoms with Gasteiger partial charge in [-0.15, -0.1) is 0 Å². The maximum absolute atomic E-state index is 6.13. The number of rotatable bonds is 4. The molecule has 17 heavy (non-hydrogen) atoms. The van der Waals surface area contributed by atoms with Gasteiger partial charge in [0.1, 0.15) is 0 Å². The Bertz CT molecular complexity index is 240. The number of ether oxygens (including phenoxy) is 1. The van der Waals surface area contributed by atoms with Gasteiger partial charge in [-0.05, 0) is 45.6 Å². The highest BCUT2D eigenvalue weighted by atomic mass is 16.5. The first-order valence-electron chi connectivity index (χ1n) is 7.17. The molecule has 0 saturated heterocycles. The molecule has 0 bridgehead atoms. The minimum absolute atomic E-state index is 0.202. The van der Waals surface area contributed by atoms with Gasteiger partial charge < -0.3 is 10.5 Å². The zero-order valence-corrected chi connectivity index (χ0v) is 11.5. The van der Waals surface area contributed by atoms with Crippen LogP contribution >= 0.6 is 0 Å². The lowest BCUT2D eigenvalue weighted by molar-refractivity contribution is -0.0269. The maximum atomic E-state index is 6.13. The minimum atomic E-state index is 0.202. The molecule has 0 aromatic carbocycles. The summed E-state index contributed by atoms with van der Waals surface area (Å²) >= 11 is 0. The van der Waals surface area contributed by atoms with Gasteiger partial charge >= 0.3 is 0 Å². The normalized spacial score (nSPS) is 35.6. The van der Waals surface area contributed by atoms with Crippen LogP contribution in [0.15, 0.2) is 0 Å². The first kappa shape index (κ1) is 13.3. The summed E-state index contributed by atoms with van der Waals surface area (Å²) < 4.78 is 5.58. The zero-order chi connectivity index (χ0) is 12.3. The third-order valence-electron chi connectivity index (χ3n) is 5.11. The lowest BCUT2D eigenvalue weighted by Gasteiger charge is -2.48. The van der Waals surface area contributed by atoms with Crippen LogP contribution in [-0.2, 0) is 4.74 Å². The van der Waals surface area contributed by atoms with E-state index in [2.05, 4.69) is 11.9 Å². The highest BCUT2D eigenvalue weighted by Crippen LogP contribution is 2.37.